The Bertz CT molecular complexity index is 629. The van der Waals surface area contributed by atoms with Crippen molar-refractivity contribution < 1.29 is 0 Å². The number of hydrogen-bond acceptors (Lipinski definition) is 4. The molecule has 5 nitrogen and oxygen atoms in total. The van der Waals surface area contributed by atoms with Gasteiger partial charge in [0.15, 0.2) is 0 Å². The smallest absolute Gasteiger partial charge is 0.252 e. The molecule has 3 rings (SSSR count). The van der Waals surface area contributed by atoms with Crippen molar-refractivity contribution in [3.63, 3.8) is 0 Å². The Morgan fingerprint density at radius 3 is 2.68 bits per heavy atom. The Kier molecular flexibility index (Phi) is 3.05. The maximum absolute atomic E-state index is 11.6. The average molecular weight is 256 g/mol. The zero-order valence-corrected chi connectivity index (χ0v) is 10.5. The summed E-state index contributed by atoms with van der Waals surface area (Å²) in [6.07, 6.45) is 2.22. The Morgan fingerprint density at radius 2 is 2.05 bits per heavy atom. The molecular formula is C14H16N4O. The number of nitrogens with two attached hydrogens (primary N) is 1. The number of anilines is 2. The van der Waals surface area contributed by atoms with E-state index in [4.69, 9.17) is 5.73 Å². The highest BCUT2D eigenvalue weighted by Crippen LogP contribution is 2.37. The molecule has 1 heterocycles. The molecule has 19 heavy (non-hydrogen) atoms. The number of H-pyrrole nitrogens is 1. The summed E-state index contributed by atoms with van der Waals surface area (Å²) >= 11 is 0. The van der Waals surface area contributed by atoms with E-state index in [-0.39, 0.29) is 5.56 Å². The third-order valence-corrected chi connectivity index (χ3v) is 3.19. The lowest BCUT2D eigenvalue weighted by atomic mass is 10.2. The molecule has 0 atom stereocenters. The van der Waals surface area contributed by atoms with E-state index < -0.39 is 0 Å². The van der Waals surface area contributed by atoms with Gasteiger partial charge in [0.2, 0.25) is 0 Å². The molecule has 1 fully saturated rings. The van der Waals surface area contributed by atoms with Crippen molar-refractivity contribution in [1.29, 1.82) is 0 Å². The number of nitrogens with zero attached hydrogens (tertiary/aromatic N) is 1. The molecule has 1 saturated carbocycles. The molecule has 1 aliphatic carbocycles. The van der Waals surface area contributed by atoms with Crippen molar-refractivity contribution in [1.82, 2.24) is 9.97 Å². The predicted molar refractivity (Wildman–Crippen MR) is 74.4 cm³/mol. The van der Waals surface area contributed by atoms with Crippen LogP contribution in [0.1, 0.15) is 30.1 Å². The van der Waals surface area contributed by atoms with Crippen molar-refractivity contribution in [3.05, 3.63) is 52.1 Å². The molecule has 0 radical (unpaired) electrons. The van der Waals surface area contributed by atoms with E-state index in [9.17, 15) is 4.79 Å². The SMILES string of the molecule is NCc1ccc(Nc2cc(=O)[nH]c(C3CC3)n2)cc1. The summed E-state index contributed by atoms with van der Waals surface area (Å²) < 4.78 is 0. The second kappa shape index (κ2) is 4.85. The molecule has 4 N–H and O–H groups in total. The van der Waals surface area contributed by atoms with E-state index in [2.05, 4.69) is 15.3 Å². The van der Waals surface area contributed by atoms with Crippen LogP contribution in [0.25, 0.3) is 0 Å². The van der Waals surface area contributed by atoms with E-state index in [0.29, 0.717) is 18.3 Å². The molecule has 1 aliphatic rings. The van der Waals surface area contributed by atoms with Gasteiger partial charge < -0.3 is 16.0 Å². The van der Waals surface area contributed by atoms with Crippen LogP contribution in [-0.2, 0) is 6.54 Å². The van der Waals surface area contributed by atoms with Gasteiger partial charge in [-0.25, -0.2) is 4.98 Å². The summed E-state index contributed by atoms with van der Waals surface area (Å²) in [7, 11) is 0. The number of rotatable bonds is 4. The lowest BCUT2D eigenvalue weighted by Gasteiger charge is -2.07. The maximum atomic E-state index is 11.6. The summed E-state index contributed by atoms with van der Waals surface area (Å²) in [5.74, 6) is 1.80. The van der Waals surface area contributed by atoms with E-state index in [0.717, 1.165) is 29.9 Å². The molecule has 0 spiro atoms. The first-order valence-corrected chi connectivity index (χ1v) is 6.42. The van der Waals surface area contributed by atoms with Crippen LogP contribution in [-0.4, -0.2) is 9.97 Å². The van der Waals surface area contributed by atoms with E-state index in [1.165, 1.54) is 6.07 Å². The highest BCUT2D eigenvalue weighted by molar-refractivity contribution is 5.56. The standard InChI is InChI=1S/C14H16N4O/c15-8-9-1-5-11(6-2-9)16-12-7-13(19)18-14(17-12)10-3-4-10/h1-2,5-7,10H,3-4,8,15H2,(H2,16,17,18,19). The highest BCUT2D eigenvalue weighted by atomic mass is 16.1. The Labute approximate surface area is 110 Å². The molecule has 0 bridgehead atoms. The molecule has 98 valence electrons. The molecular weight excluding hydrogens is 240 g/mol. The number of nitrogens with one attached hydrogen (secondary N) is 2. The number of hydrogen-bond donors (Lipinski definition) is 3. The molecule has 1 aromatic carbocycles. The van der Waals surface area contributed by atoms with Crippen LogP contribution in [0.2, 0.25) is 0 Å². The van der Waals surface area contributed by atoms with Crippen LogP contribution in [0, 0.1) is 0 Å². The topological polar surface area (TPSA) is 83.8 Å². The van der Waals surface area contributed by atoms with Gasteiger partial charge in [-0.2, -0.15) is 0 Å². The quantitative estimate of drug-likeness (QED) is 0.779. The lowest BCUT2D eigenvalue weighted by molar-refractivity contribution is 0.912. The summed E-state index contributed by atoms with van der Waals surface area (Å²) in [6, 6.07) is 9.25. The van der Waals surface area contributed by atoms with Crippen molar-refractivity contribution in [2.45, 2.75) is 25.3 Å². The third-order valence-electron chi connectivity index (χ3n) is 3.19. The minimum Gasteiger partial charge on any atom is -0.340 e. The maximum Gasteiger partial charge on any atom is 0.252 e. The molecule has 0 aliphatic heterocycles. The molecule has 5 heteroatoms. The van der Waals surface area contributed by atoms with Gasteiger partial charge in [0, 0.05) is 24.2 Å². The van der Waals surface area contributed by atoms with Gasteiger partial charge in [0.1, 0.15) is 11.6 Å². The Balaban J connectivity index is 1.83. The van der Waals surface area contributed by atoms with Crippen molar-refractivity contribution >= 4 is 11.5 Å². The summed E-state index contributed by atoms with van der Waals surface area (Å²) in [5.41, 5.74) is 7.41. The monoisotopic (exact) mass is 256 g/mol. The Morgan fingerprint density at radius 1 is 1.32 bits per heavy atom. The van der Waals surface area contributed by atoms with Gasteiger partial charge in [0.05, 0.1) is 0 Å². The first kappa shape index (κ1) is 11.9. The first-order valence-electron chi connectivity index (χ1n) is 6.42. The second-order valence-electron chi connectivity index (χ2n) is 4.82. The van der Waals surface area contributed by atoms with E-state index in [1.807, 2.05) is 24.3 Å². The van der Waals surface area contributed by atoms with Crippen LogP contribution < -0.4 is 16.6 Å². The zero-order valence-electron chi connectivity index (χ0n) is 10.5. The van der Waals surface area contributed by atoms with Gasteiger partial charge in [-0.15, -0.1) is 0 Å². The fourth-order valence-corrected chi connectivity index (χ4v) is 1.96. The minimum atomic E-state index is -0.113. The van der Waals surface area contributed by atoms with Crippen LogP contribution in [0.15, 0.2) is 35.1 Å². The number of benzene rings is 1. The fraction of sp³-hybridized carbons (Fsp3) is 0.286. The molecule has 1 aromatic heterocycles. The van der Waals surface area contributed by atoms with Gasteiger partial charge in [-0.05, 0) is 30.5 Å². The zero-order chi connectivity index (χ0) is 13.2. The summed E-state index contributed by atoms with van der Waals surface area (Å²) in [6.45, 7) is 0.523. The molecule has 0 amide bonds. The normalized spacial score (nSPS) is 14.4. The van der Waals surface area contributed by atoms with E-state index >= 15 is 0 Å². The minimum absolute atomic E-state index is 0.113. The lowest BCUT2D eigenvalue weighted by Crippen LogP contribution is -2.11. The second-order valence-corrected chi connectivity index (χ2v) is 4.82. The van der Waals surface area contributed by atoms with Crippen LogP contribution >= 0.6 is 0 Å². The van der Waals surface area contributed by atoms with Gasteiger partial charge in [-0.1, -0.05) is 12.1 Å². The fourth-order valence-electron chi connectivity index (χ4n) is 1.96. The predicted octanol–water partition coefficient (Wildman–Crippen LogP) is 1.85. The first-order chi connectivity index (χ1) is 9.24. The third kappa shape index (κ3) is 2.82. The van der Waals surface area contributed by atoms with Crippen molar-refractivity contribution in [2.75, 3.05) is 5.32 Å². The molecule has 0 saturated heterocycles. The van der Waals surface area contributed by atoms with Gasteiger partial charge >= 0.3 is 0 Å². The number of aromatic amines is 1. The highest BCUT2D eigenvalue weighted by Gasteiger charge is 2.26. The van der Waals surface area contributed by atoms with Gasteiger partial charge in [0.25, 0.3) is 5.56 Å². The van der Waals surface area contributed by atoms with Crippen LogP contribution in [0.5, 0.6) is 0 Å². The molecule has 0 unspecified atom stereocenters. The van der Waals surface area contributed by atoms with Crippen LogP contribution in [0.3, 0.4) is 0 Å². The van der Waals surface area contributed by atoms with Crippen LogP contribution in [0.4, 0.5) is 11.5 Å². The molecule has 2 aromatic rings. The average Bonchev–Trinajstić information content (AvgIpc) is 3.23. The Hall–Kier alpha value is -2.14. The van der Waals surface area contributed by atoms with Gasteiger partial charge in [-0.3, -0.25) is 4.79 Å². The van der Waals surface area contributed by atoms with Crippen molar-refractivity contribution in [2.24, 2.45) is 5.73 Å². The summed E-state index contributed by atoms with van der Waals surface area (Å²) in [4.78, 5) is 18.8. The number of aromatic nitrogens is 2. The summed E-state index contributed by atoms with van der Waals surface area (Å²) in [5, 5.41) is 3.15. The van der Waals surface area contributed by atoms with Crippen molar-refractivity contribution in [3.8, 4) is 0 Å². The largest absolute Gasteiger partial charge is 0.340 e. The van der Waals surface area contributed by atoms with E-state index in [1.54, 1.807) is 0 Å².